The van der Waals surface area contributed by atoms with Gasteiger partial charge in [-0.1, -0.05) is 60.2 Å². The van der Waals surface area contributed by atoms with E-state index < -0.39 is 0 Å². The number of benzene rings is 3. The highest BCUT2D eigenvalue weighted by Gasteiger charge is 2.30. The van der Waals surface area contributed by atoms with Crippen LogP contribution < -0.4 is 10.2 Å². The average molecular weight is 403 g/mol. The molecule has 5 heteroatoms. The molecular formula is C24H24N3OS+. The Hall–Kier alpha value is -3.02. The van der Waals surface area contributed by atoms with Gasteiger partial charge >= 0.3 is 0 Å². The van der Waals surface area contributed by atoms with Gasteiger partial charge in [-0.05, 0) is 31.2 Å². The van der Waals surface area contributed by atoms with Gasteiger partial charge in [0.1, 0.15) is 11.6 Å². The summed E-state index contributed by atoms with van der Waals surface area (Å²) in [4.78, 5) is 19.1. The second kappa shape index (κ2) is 8.55. The third-order valence-corrected chi connectivity index (χ3v) is 6.01. The summed E-state index contributed by atoms with van der Waals surface area (Å²) in [5.41, 5.74) is 3.99. The topological polar surface area (TPSA) is 46.4 Å². The number of nitrogens with one attached hydrogen (secondary N) is 2. The third kappa shape index (κ3) is 4.53. The first-order valence-corrected chi connectivity index (χ1v) is 10.5. The third-order valence-electron chi connectivity index (χ3n) is 4.98. The van der Waals surface area contributed by atoms with Gasteiger partial charge in [-0.3, -0.25) is 4.79 Å². The van der Waals surface area contributed by atoms with Crippen LogP contribution in [0.15, 0.2) is 78.9 Å². The standard InChI is InChI=1S/C24H23N3OS/c1-17-12-14-19(15-13-17)25-24(28)23(18-8-4-3-5-9-18)27(2)16-22-26-20-10-6-7-11-21(20)29-22/h3-15,23H,16H2,1-2H3,(H,25,28)/p+1/t23-/m1/s1. The second-order valence-electron chi connectivity index (χ2n) is 7.30. The molecule has 0 saturated heterocycles. The summed E-state index contributed by atoms with van der Waals surface area (Å²) in [5, 5.41) is 4.12. The van der Waals surface area contributed by atoms with Gasteiger partial charge in [-0.15, -0.1) is 11.3 Å². The molecule has 1 unspecified atom stereocenters. The molecule has 0 saturated carbocycles. The van der Waals surface area contributed by atoms with E-state index in [2.05, 4.69) is 18.4 Å². The van der Waals surface area contributed by atoms with E-state index in [1.807, 2.05) is 79.7 Å². The van der Waals surface area contributed by atoms with Crippen LogP contribution >= 0.6 is 11.3 Å². The quantitative estimate of drug-likeness (QED) is 0.512. The number of aryl methyl sites for hydroxylation is 1. The summed E-state index contributed by atoms with van der Waals surface area (Å²) in [6, 6.07) is 25.7. The SMILES string of the molecule is Cc1ccc(NC(=O)[C@@H](c2ccccc2)[NH+](C)Cc2nc3ccccc3s2)cc1. The van der Waals surface area contributed by atoms with E-state index in [1.54, 1.807) is 11.3 Å². The Bertz CT molecular complexity index is 1070. The fourth-order valence-corrected chi connectivity index (χ4v) is 4.56. The van der Waals surface area contributed by atoms with Crippen LogP contribution in [0.2, 0.25) is 0 Å². The Labute approximate surface area is 174 Å². The molecule has 1 heterocycles. The van der Waals surface area contributed by atoms with Crippen molar-refractivity contribution < 1.29 is 9.69 Å². The largest absolute Gasteiger partial charge is 0.321 e. The number of hydrogen-bond donors (Lipinski definition) is 2. The number of quaternary nitrogens is 1. The molecule has 4 nitrogen and oxygen atoms in total. The number of para-hydroxylation sites is 1. The number of likely N-dealkylation sites (N-methyl/N-ethyl adjacent to an activating group) is 1. The molecule has 4 aromatic rings. The molecule has 0 bridgehead atoms. The van der Waals surface area contributed by atoms with Gasteiger partial charge in [0.25, 0.3) is 5.91 Å². The molecule has 4 rings (SSSR count). The first kappa shape index (κ1) is 19.3. The fourth-order valence-electron chi connectivity index (χ4n) is 3.49. The van der Waals surface area contributed by atoms with Gasteiger partial charge in [-0.25, -0.2) is 4.98 Å². The Balaban J connectivity index is 1.59. The molecule has 0 radical (unpaired) electrons. The first-order valence-electron chi connectivity index (χ1n) is 9.69. The van der Waals surface area contributed by atoms with Crippen LogP contribution in [-0.4, -0.2) is 17.9 Å². The van der Waals surface area contributed by atoms with E-state index in [9.17, 15) is 4.79 Å². The van der Waals surface area contributed by atoms with Gasteiger partial charge in [0.2, 0.25) is 0 Å². The van der Waals surface area contributed by atoms with Crippen molar-refractivity contribution >= 4 is 33.1 Å². The molecule has 0 aliphatic carbocycles. The zero-order valence-corrected chi connectivity index (χ0v) is 17.4. The van der Waals surface area contributed by atoms with Gasteiger partial charge < -0.3 is 10.2 Å². The number of carbonyl (C=O) groups excluding carboxylic acids is 1. The highest BCUT2D eigenvalue weighted by molar-refractivity contribution is 7.18. The monoisotopic (exact) mass is 402 g/mol. The zero-order valence-electron chi connectivity index (χ0n) is 16.6. The van der Waals surface area contributed by atoms with E-state index in [4.69, 9.17) is 4.98 Å². The van der Waals surface area contributed by atoms with Crippen molar-refractivity contribution in [2.75, 3.05) is 12.4 Å². The molecular weight excluding hydrogens is 378 g/mol. The molecule has 29 heavy (non-hydrogen) atoms. The van der Waals surface area contributed by atoms with Gasteiger partial charge in [0, 0.05) is 11.3 Å². The van der Waals surface area contributed by atoms with E-state index in [0.717, 1.165) is 26.7 Å². The van der Waals surface area contributed by atoms with Crippen LogP contribution in [0.4, 0.5) is 5.69 Å². The zero-order chi connectivity index (χ0) is 20.2. The van der Waals surface area contributed by atoms with Gasteiger partial charge in [0.15, 0.2) is 6.04 Å². The number of rotatable bonds is 6. The Morgan fingerprint density at radius 3 is 2.41 bits per heavy atom. The lowest BCUT2D eigenvalue weighted by Gasteiger charge is -2.24. The minimum atomic E-state index is -0.329. The number of aromatic nitrogens is 1. The highest BCUT2D eigenvalue weighted by Crippen LogP contribution is 2.21. The van der Waals surface area contributed by atoms with Crippen molar-refractivity contribution in [2.24, 2.45) is 0 Å². The van der Waals surface area contributed by atoms with Crippen molar-refractivity contribution in [3.05, 3.63) is 95.0 Å². The number of hydrogen-bond acceptors (Lipinski definition) is 3. The molecule has 0 aliphatic heterocycles. The first-order chi connectivity index (χ1) is 14.1. The van der Waals surface area contributed by atoms with Gasteiger partial charge in [-0.2, -0.15) is 0 Å². The lowest BCUT2D eigenvalue weighted by Crippen LogP contribution is -3.09. The number of nitrogens with zero attached hydrogens (tertiary/aromatic N) is 1. The van der Waals surface area contributed by atoms with E-state index in [1.165, 1.54) is 10.3 Å². The van der Waals surface area contributed by atoms with E-state index in [-0.39, 0.29) is 11.9 Å². The van der Waals surface area contributed by atoms with Crippen LogP contribution in [0.3, 0.4) is 0 Å². The fraction of sp³-hybridized carbons (Fsp3) is 0.167. The average Bonchev–Trinajstić information content (AvgIpc) is 3.13. The molecule has 146 valence electrons. The van der Waals surface area contributed by atoms with Crippen molar-refractivity contribution in [3.8, 4) is 0 Å². The molecule has 0 spiro atoms. The summed E-state index contributed by atoms with van der Waals surface area (Å²) in [7, 11) is 2.05. The smallest absolute Gasteiger partial charge is 0.287 e. The maximum absolute atomic E-state index is 13.3. The number of thiazole rings is 1. The van der Waals surface area contributed by atoms with Crippen molar-refractivity contribution in [3.63, 3.8) is 0 Å². The van der Waals surface area contributed by atoms with E-state index in [0.29, 0.717) is 6.54 Å². The maximum Gasteiger partial charge on any atom is 0.287 e. The Morgan fingerprint density at radius 1 is 1.00 bits per heavy atom. The lowest BCUT2D eigenvalue weighted by atomic mass is 10.0. The predicted molar refractivity (Wildman–Crippen MR) is 119 cm³/mol. The molecule has 0 fully saturated rings. The second-order valence-corrected chi connectivity index (χ2v) is 8.41. The summed E-state index contributed by atoms with van der Waals surface area (Å²) in [5.74, 6) is -0.0151. The van der Waals surface area contributed by atoms with Crippen LogP contribution in [-0.2, 0) is 11.3 Å². The van der Waals surface area contributed by atoms with Crippen molar-refractivity contribution in [1.82, 2.24) is 4.98 Å². The Morgan fingerprint density at radius 2 is 1.69 bits per heavy atom. The summed E-state index contributed by atoms with van der Waals surface area (Å²) >= 11 is 1.69. The minimum absolute atomic E-state index is 0.0151. The van der Waals surface area contributed by atoms with Crippen molar-refractivity contribution in [1.29, 1.82) is 0 Å². The summed E-state index contributed by atoms with van der Waals surface area (Å²) in [6.45, 7) is 2.72. The van der Waals surface area contributed by atoms with E-state index >= 15 is 0 Å². The van der Waals surface area contributed by atoms with Crippen molar-refractivity contribution in [2.45, 2.75) is 19.5 Å². The number of carbonyl (C=O) groups is 1. The maximum atomic E-state index is 13.3. The molecule has 2 N–H and O–H groups in total. The number of fused-ring (bicyclic) bond motifs is 1. The molecule has 1 amide bonds. The highest BCUT2D eigenvalue weighted by atomic mass is 32.1. The predicted octanol–water partition coefficient (Wildman–Crippen LogP) is 4.00. The normalized spacial score (nSPS) is 13.2. The molecule has 0 aliphatic rings. The summed E-state index contributed by atoms with van der Waals surface area (Å²) < 4.78 is 1.18. The van der Waals surface area contributed by atoms with Crippen LogP contribution in [0.1, 0.15) is 22.2 Å². The lowest BCUT2D eigenvalue weighted by molar-refractivity contribution is -0.915. The van der Waals surface area contributed by atoms with Crippen LogP contribution in [0.5, 0.6) is 0 Å². The molecule has 2 atom stereocenters. The van der Waals surface area contributed by atoms with Crippen LogP contribution in [0.25, 0.3) is 10.2 Å². The minimum Gasteiger partial charge on any atom is -0.321 e. The molecule has 3 aromatic carbocycles. The number of amides is 1. The van der Waals surface area contributed by atoms with Gasteiger partial charge in [0.05, 0.1) is 17.3 Å². The number of anilines is 1. The van der Waals surface area contributed by atoms with Crippen LogP contribution in [0, 0.1) is 6.92 Å². The summed E-state index contributed by atoms with van der Waals surface area (Å²) in [6.07, 6.45) is 0. The molecule has 1 aromatic heterocycles. The Kier molecular flexibility index (Phi) is 5.69.